The lowest BCUT2D eigenvalue weighted by molar-refractivity contribution is 0.101. The van der Waals surface area contributed by atoms with Gasteiger partial charge in [-0.3, -0.25) is 4.79 Å². The zero-order valence-electron chi connectivity index (χ0n) is 11.8. The van der Waals surface area contributed by atoms with Crippen molar-refractivity contribution in [1.29, 1.82) is 0 Å². The smallest absolute Gasteiger partial charge is 0.169 e. The minimum absolute atomic E-state index is 0.0313. The molecule has 0 amide bonds. The Hall–Kier alpha value is -2.49. The monoisotopic (exact) mass is 271 g/mol. The van der Waals surface area contributed by atoms with Crippen molar-refractivity contribution in [3.05, 3.63) is 47.5 Å². The third kappa shape index (κ3) is 2.91. The van der Waals surface area contributed by atoms with Crippen LogP contribution in [0.2, 0.25) is 0 Å². The topological polar surface area (TPSA) is 61.5 Å². The van der Waals surface area contributed by atoms with Crippen molar-refractivity contribution in [2.45, 2.75) is 13.8 Å². The third-order valence-corrected chi connectivity index (χ3v) is 2.96. The van der Waals surface area contributed by atoms with Crippen LogP contribution in [0.5, 0.6) is 17.2 Å². The number of Topliss-reactive ketones (excluding diaryl/α,β-unsaturated/α-hetero) is 1. The molecule has 20 heavy (non-hydrogen) atoms. The van der Waals surface area contributed by atoms with Gasteiger partial charge in [0, 0.05) is 5.56 Å². The van der Waals surface area contributed by atoms with Crippen LogP contribution in [0.1, 0.15) is 22.8 Å². The molecule has 0 spiro atoms. The average Bonchev–Trinajstić information content (AvgIpc) is 2.42. The Morgan fingerprint density at radius 3 is 2.35 bits per heavy atom. The van der Waals surface area contributed by atoms with E-state index < -0.39 is 0 Å². The fourth-order valence-electron chi connectivity index (χ4n) is 1.84. The number of ketones is 1. The molecule has 0 aromatic heterocycles. The standard InChI is InChI=1S/C16H17NO3/c1-10-4-6-15(16(8-10)19-3)20-14-7-5-12(11(2)18)9-13(14)17/h4-9H,17H2,1-3H3. The van der Waals surface area contributed by atoms with Crippen LogP contribution in [0.3, 0.4) is 0 Å². The van der Waals surface area contributed by atoms with Crippen LogP contribution in [0, 0.1) is 6.92 Å². The summed E-state index contributed by atoms with van der Waals surface area (Å²) in [4.78, 5) is 11.3. The van der Waals surface area contributed by atoms with E-state index >= 15 is 0 Å². The first-order valence-electron chi connectivity index (χ1n) is 6.24. The van der Waals surface area contributed by atoms with E-state index in [1.807, 2.05) is 25.1 Å². The van der Waals surface area contributed by atoms with Crippen molar-refractivity contribution in [2.24, 2.45) is 0 Å². The van der Waals surface area contributed by atoms with Gasteiger partial charge in [-0.25, -0.2) is 0 Å². The second kappa shape index (κ2) is 5.65. The summed E-state index contributed by atoms with van der Waals surface area (Å²) in [5.41, 5.74) is 7.97. The lowest BCUT2D eigenvalue weighted by atomic mass is 10.1. The van der Waals surface area contributed by atoms with Crippen LogP contribution in [0.4, 0.5) is 5.69 Å². The number of carbonyl (C=O) groups excluding carboxylic acids is 1. The highest BCUT2D eigenvalue weighted by atomic mass is 16.5. The highest BCUT2D eigenvalue weighted by molar-refractivity contribution is 5.95. The van der Waals surface area contributed by atoms with E-state index in [1.54, 1.807) is 25.3 Å². The van der Waals surface area contributed by atoms with Crippen molar-refractivity contribution >= 4 is 11.5 Å². The average molecular weight is 271 g/mol. The van der Waals surface area contributed by atoms with E-state index in [4.69, 9.17) is 15.2 Å². The van der Waals surface area contributed by atoms with E-state index in [2.05, 4.69) is 0 Å². The Balaban J connectivity index is 2.33. The van der Waals surface area contributed by atoms with Gasteiger partial charge in [-0.05, 0) is 49.7 Å². The molecule has 0 unspecified atom stereocenters. The third-order valence-electron chi connectivity index (χ3n) is 2.96. The maximum absolute atomic E-state index is 11.3. The molecule has 2 N–H and O–H groups in total. The van der Waals surface area contributed by atoms with Crippen LogP contribution >= 0.6 is 0 Å². The molecule has 4 heteroatoms. The highest BCUT2D eigenvalue weighted by Gasteiger charge is 2.09. The van der Waals surface area contributed by atoms with Crippen LogP contribution in [-0.4, -0.2) is 12.9 Å². The first-order valence-corrected chi connectivity index (χ1v) is 6.24. The minimum atomic E-state index is -0.0313. The van der Waals surface area contributed by atoms with E-state index in [9.17, 15) is 4.79 Å². The zero-order valence-corrected chi connectivity index (χ0v) is 11.8. The Kier molecular flexibility index (Phi) is 3.94. The van der Waals surface area contributed by atoms with Crippen LogP contribution in [0.15, 0.2) is 36.4 Å². The number of nitrogen functional groups attached to an aromatic ring is 1. The van der Waals surface area contributed by atoms with Gasteiger partial charge in [0.05, 0.1) is 12.8 Å². The molecule has 0 saturated carbocycles. The molecule has 2 aromatic carbocycles. The second-order valence-corrected chi connectivity index (χ2v) is 4.57. The van der Waals surface area contributed by atoms with Gasteiger partial charge in [-0.2, -0.15) is 0 Å². The van der Waals surface area contributed by atoms with E-state index in [-0.39, 0.29) is 5.78 Å². The number of hydrogen-bond donors (Lipinski definition) is 1. The molecule has 0 saturated heterocycles. The molecule has 2 rings (SSSR count). The number of rotatable bonds is 4. The zero-order chi connectivity index (χ0) is 14.7. The summed E-state index contributed by atoms with van der Waals surface area (Å²) in [7, 11) is 1.59. The van der Waals surface area contributed by atoms with Gasteiger partial charge < -0.3 is 15.2 Å². The lowest BCUT2D eigenvalue weighted by Gasteiger charge is -2.13. The number of anilines is 1. The molecule has 2 aromatic rings. The Morgan fingerprint density at radius 1 is 1.05 bits per heavy atom. The molecule has 104 valence electrons. The molecule has 0 radical (unpaired) electrons. The first-order chi connectivity index (χ1) is 9.51. The van der Waals surface area contributed by atoms with Gasteiger partial charge in [0.15, 0.2) is 23.0 Å². The summed E-state index contributed by atoms with van der Waals surface area (Å²) in [6, 6.07) is 10.6. The Bertz CT molecular complexity index is 650. The van der Waals surface area contributed by atoms with Gasteiger partial charge in [0.2, 0.25) is 0 Å². The summed E-state index contributed by atoms with van der Waals surface area (Å²) < 4.78 is 11.0. The molecule has 0 fully saturated rings. The molecular weight excluding hydrogens is 254 g/mol. The summed E-state index contributed by atoms with van der Waals surface area (Å²) in [6.45, 7) is 3.47. The summed E-state index contributed by atoms with van der Waals surface area (Å²) in [5.74, 6) is 1.69. The molecule has 0 heterocycles. The molecule has 4 nitrogen and oxygen atoms in total. The van der Waals surface area contributed by atoms with Crippen LogP contribution in [-0.2, 0) is 0 Å². The van der Waals surface area contributed by atoms with Crippen molar-refractivity contribution in [3.8, 4) is 17.2 Å². The van der Waals surface area contributed by atoms with E-state index in [1.165, 1.54) is 6.92 Å². The van der Waals surface area contributed by atoms with Gasteiger partial charge in [-0.1, -0.05) is 6.07 Å². The molecule has 0 aliphatic carbocycles. The predicted molar refractivity (Wildman–Crippen MR) is 78.7 cm³/mol. The van der Waals surface area contributed by atoms with Gasteiger partial charge in [-0.15, -0.1) is 0 Å². The fourth-order valence-corrected chi connectivity index (χ4v) is 1.84. The van der Waals surface area contributed by atoms with Gasteiger partial charge >= 0.3 is 0 Å². The van der Waals surface area contributed by atoms with Crippen molar-refractivity contribution in [3.63, 3.8) is 0 Å². The maximum Gasteiger partial charge on any atom is 0.169 e. The number of ether oxygens (including phenoxy) is 2. The molecule has 0 atom stereocenters. The molecule has 0 bridgehead atoms. The van der Waals surface area contributed by atoms with Crippen LogP contribution < -0.4 is 15.2 Å². The second-order valence-electron chi connectivity index (χ2n) is 4.57. The van der Waals surface area contributed by atoms with Gasteiger partial charge in [0.1, 0.15) is 0 Å². The largest absolute Gasteiger partial charge is 0.493 e. The minimum Gasteiger partial charge on any atom is -0.493 e. The first kappa shape index (κ1) is 13.9. The number of hydrogen-bond acceptors (Lipinski definition) is 4. The summed E-state index contributed by atoms with van der Waals surface area (Å²) >= 11 is 0. The molecule has 0 aliphatic heterocycles. The summed E-state index contributed by atoms with van der Waals surface area (Å²) in [5, 5.41) is 0. The van der Waals surface area contributed by atoms with Crippen molar-refractivity contribution < 1.29 is 14.3 Å². The Morgan fingerprint density at radius 2 is 1.75 bits per heavy atom. The maximum atomic E-state index is 11.3. The highest BCUT2D eigenvalue weighted by Crippen LogP contribution is 2.35. The van der Waals surface area contributed by atoms with E-state index in [0.29, 0.717) is 28.5 Å². The van der Waals surface area contributed by atoms with Crippen molar-refractivity contribution in [2.75, 3.05) is 12.8 Å². The number of nitrogens with two attached hydrogens (primary N) is 1. The van der Waals surface area contributed by atoms with Crippen molar-refractivity contribution in [1.82, 2.24) is 0 Å². The number of aryl methyl sites for hydroxylation is 1. The lowest BCUT2D eigenvalue weighted by Crippen LogP contribution is -1.98. The SMILES string of the molecule is COc1cc(C)ccc1Oc1ccc(C(C)=O)cc1N. The quantitative estimate of drug-likeness (QED) is 0.682. The predicted octanol–water partition coefficient (Wildman–Crippen LogP) is 3.58. The number of methoxy groups -OCH3 is 1. The Labute approximate surface area is 118 Å². The molecular formula is C16H17NO3. The normalized spacial score (nSPS) is 10.2. The molecule has 0 aliphatic rings. The van der Waals surface area contributed by atoms with Crippen LogP contribution in [0.25, 0.3) is 0 Å². The van der Waals surface area contributed by atoms with E-state index in [0.717, 1.165) is 5.56 Å². The number of benzene rings is 2. The summed E-state index contributed by atoms with van der Waals surface area (Å²) in [6.07, 6.45) is 0. The van der Waals surface area contributed by atoms with Gasteiger partial charge in [0.25, 0.3) is 0 Å². The fraction of sp³-hybridized carbons (Fsp3) is 0.188. The number of carbonyl (C=O) groups is 1.